The first-order valence-electron chi connectivity index (χ1n) is 5.97. The minimum absolute atomic E-state index is 0.0486. The van der Waals surface area contributed by atoms with E-state index in [1.165, 1.54) is 31.5 Å². The van der Waals surface area contributed by atoms with Gasteiger partial charge in [-0.05, 0) is 18.2 Å². The van der Waals surface area contributed by atoms with Crippen LogP contribution in [-0.2, 0) is 7.05 Å². The number of carbonyl (C=O) groups is 2. The number of nitrogens with zero attached hydrogens (tertiary/aromatic N) is 2. The number of amides is 2. The summed E-state index contributed by atoms with van der Waals surface area (Å²) in [5.74, 6) is -0.727. The summed E-state index contributed by atoms with van der Waals surface area (Å²) in [4.78, 5) is 22.8. The van der Waals surface area contributed by atoms with E-state index in [0.29, 0.717) is 11.4 Å². The number of aromatic nitrogens is 2. The molecule has 3 N–H and O–H groups in total. The van der Waals surface area contributed by atoms with Crippen LogP contribution in [0.15, 0.2) is 30.6 Å². The van der Waals surface area contributed by atoms with Gasteiger partial charge in [-0.2, -0.15) is 5.10 Å². The predicted octanol–water partition coefficient (Wildman–Crippen LogP) is 1.77. The number of aryl methyl sites for hydroxylation is 1. The number of carbonyl (C=O) groups excluding carboxylic acids is 1. The number of hydrogen-bond donors (Lipinski definition) is 3. The molecule has 0 saturated heterocycles. The summed E-state index contributed by atoms with van der Waals surface area (Å²) < 4.78 is 6.63. The molecule has 0 fully saturated rings. The van der Waals surface area contributed by atoms with Crippen molar-refractivity contribution in [2.24, 2.45) is 7.05 Å². The Bertz CT molecular complexity index is 681. The molecule has 1 heterocycles. The fourth-order valence-corrected chi connectivity index (χ4v) is 1.71. The molecule has 0 aliphatic rings. The maximum atomic E-state index is 11.9. The standard InChI is InChI=1S/C13H14N4O4/c1-17-7-9(6-14-17)15-13(20)16-10-5-8(12(18)19)3-4-11(10)21-2/h3-7H,1-2H3,(H,18,19)(H2,15,16,20). The zero-order chi connectivity index (χ0) is 15.4. The normalized spacial score (nSPS) is 10.0. The topological polar surface area (TPSA) is 105 Å². The van der Waals surface area contributed by atoms with E-state index in [0.717, 1.165) is 0 Å². The van der Waals surface area contributed by atoms with Crippen LogP contribution in [0, 0.1) is 0 Å². The number of ether oxygens (including phenoxy) is 1. The number of anilines is 2. The van der Waals surface area contributed by atoms with Crippen molar-refractivity contribution in [3.63, 3.8) is 0 Å². The second-order valence-electron chi connectivity index (χ2n) is 4.20. The summed E-state index contributed by atoms with van der Waals surface area (Å²) in [5, 5.41) is 18.0. The van der Waals surface area contributed by atoms with Crippen molar-refractivity contribution in [1.82, 2.24) is 9.78 Å². The number of carboxylic acid groups (broad SMARTS) is 1. The highest BCUT2D eigenvalue weighted by atomic mass is 16.5. The summed E-state index contributed by atoms with van der Waals surface area (Å²) in [6.07, 6.45) is 3.12. The summed E-state index contributed by atoms with van der Waals surface area (Å²) in [5.41, 5.74) is 0.828. The molecular weight excluding hydrogens is 276 g/mol. The number of benzene rings is 1. The van der Waals surface area contributed by atoms with Crippen LogP contribution < -0.4 is 15.4 Å². The number of methoxy groups -OCH3 is 1. The van der Waals surface area contributed by atoms with Gasteiger partial charge in [-0.25, -0.2) is 9.59 Å². The van der Waals surface area contributed by atoms with Gasteiger partial charge in [0.05, 0.1) is 30.2 Å². The molecule has 110 valence electrons. The van der Waals surface area contributed by atoms with Crippen LogP contribution >= 0.6 is 0 Å². The van der Waals surface area contributed by atoms with Gasteiger partial charge < -0.3 is 20.5 Å². The molecule has 8 heteroatoms. The van der Waals surface area contributed by atoms with Crippen molar-refractivity contribution in [1.29, 1.82) is 0 Å². The Kier molecular flexibility index (Phi) is 4.07. The summed E-state index contributed by atoms with van der Waals surface area (Å²) in [7, 11) is 3.16. The molecule has 0 aliphatic carbocycles. The SMILES string of the molecule is COc1ccc(C(=O)O)cc1NC(=O)Nc1cnn(C)c1. The molecule has 0 bridgehead atoms. The van der Waals surface area contributed by atoms with Gasteiger partial charge in [0, 0.05) is 13.2 Å². The largest absolute Gasteiger partial charge is 0.495 e. The van der Waals surface area contributed by atoms with E-state index < -0.39 is 12.0 Å². The van der Waals surface area contributed by atoms with Crippen molar-refractivity contribution in [2.75, 3.05) is 17.7 Å². The highest BCUT2D eigenvalue weighted by molar-refractivity contribution is 6.01. The van der Waals surface area contributed by atoms with Gasteiger partial charge in [0.2, 0.25) is 0 Å². The number of nitrogens with one attached hydrogen (secondary N) is 2. The molecule has 1 aromatic heterocycles. The Morgan fingerprint density at radius 1 is 1.33 bits per heavy atom. The molecular formula is C13H14N4O4. The first-order valence-corrected chi connectivity index (χ1v) is 5.97. The molecule has 0 atom stereocenters. The van der Waals surface area contributed by atoms with E-state index in [-0.39, 0.29) is 11.3 Å². The summed E-state index contributed by atoms with van der Waals surface area (Å²) in [6.45, 7) is 0. The lowest BCUT2D eigenvalue weighted by molar-refractivity contribution is 0.0697. The van der Waals surface area contributed by atoms with Crippen molar-refractivity contribution >= 4 is 23.4 Å². The van der Waals surface area contributed by atoms with Crippen LogP contribution in [0.2, 0.25) is 0 Å². The Hall–Kier alpha value is -3.03. The quantitative estimate of drug-likeness (QED) is 0.795. The fourth-order valence-electron chi connectivity index (χ4n) is 1.71. The number of aromatic carboxylic acids is 1. The van der Waals surface area contributed by atoms with Crippen molar-refractivity contribution in [3.8, 4) is 5.75 Å². The Balaban J connectivity index is 2.15. The van der Waals surface area contributed by atoms with Crippen molar-refractivity contribution in [2.45, 2.75) is 0 Å². The highest BCUT2D eigenvalue weighted by Crippen LogP contribution is 2.25. The van der Waals surface area contributed by atoms with Gasteiger partial charge >= 0.3 is 12.0 Å². The van der Waals surface area contributed by atoms with Gasteiger partial charge in [-0.15, -0.1) is 0 Å². The maximum absolute atomic E-state index is 11.9. The van der Waals surface area contributed by atoms with Gasteiger partial charge in [0.25, 0.3) is 0 Å². The van der Waals surface area contributed by atoms with E-state index in [1.54, 1.807) is 17.9 Å². The fraction of sp³-hybridized carbons (Fsp3) is 0.154. The van der Waals surface area contributed by atoms with E-state index in [9.17, 15) is 9.59 Å². The monoisotopic (exact) mass is 290 g/mol. The van der Waals surface area contributed by atoms with E-state index >= 15 is 0 Å². The molecule has 0 radical (unpaired) electrons. The van der Waals surface area contributed by atoms with Crippen molar-refractivity contribution in [3.05, 3.63) is 36.2 Å². The van der Waals surface area contributed by atoms with Crippen LogP contribution in [0.3, 0.4) is 0 Å². The number of carboxylic acids is 1. The molecule has 2 rings (SSSR count). The molecule has 0 spiro atoms. The number of urea groups is 1. The lowest BCUT2D eigenvalue weighted by Gasteiger charge is -2.11. The van der Waals surface area contributed by atoms with E-state index in [2.05, 4.69) is 15.7 Å². The van der Waals surface area contributed by atoms with Crippen LogP contribution in [0.4, 0.5) is 16.2 Å². The molecule has 2 amide bonds. The van der Waals surface area contributed by atoms with Crippen LogP contribution in [0.5, 0.6) is 5.75 Å². The van der Waals surface area contributed by atoms with Gasteiger partial charge in [-0.1, -0.05) is 0 Å². The minimum Gasteiger partial charge on any atom is -0.495 e. The van der Waals surface area contributed by atoms with Crippen molar-refractivity contribution < 1.29 is 19.4 Å². The minimum atomic E-state index is -1.09. The smallest absolute Gasteiger partial charge is 0.335 e. The first-order chi connectivity index (χ1) is 9.99. The van der Waals surface area contributed by atoms with Gasteiger partial charge in [0.15, 0.2) is 0 Å². The Morgan fingerprint density at radius 2 is 2.10 bits per heavy atom. The number of rotatable bonds is 4. The second-order valence-corrected chi connectivity index (χ2v) is 4.20. The number of hydrogen-bond acceptors (Lipinski definition) is 4. The molecule has 0 unspecified atom stereocenters. The zero-order valence-electron chi connectivity index (χ0n) is 11.5. The molecule has 8 nitrogen and oxygen atoms in total. The van der Waals surface area contributed by atoms with Crippen LogP contribution in [-0.4, -0.2) is 34.0 Å². The van der Waals surface area contributed by atoms with Crippen LogP contribution in [0.1, 0.15) is 10.4 Å². The third-order valence-corrected chi connectivity index (χ3v) is 2.66. The van der Waals surface area contributed by atoms with Gasteiger partial charge in [-0.3, -0.25) is 4.68 Å². The molecule has 1 aromatic carbocycles. The third-order valence-electron chi connectivity index (χ3n) is 2.66. The first kappa shape index (κ1) is 14.4. The molecule has 0 aliphatic heterocycles. The highest BCUT2D eigenvalue weighted by Gasteiger charge is 2.12. The average molecular weight is 290 g/mol. The molecule has 0 saturated carbocycles. The second kappa shape index (κ2) is 5.95. The van der Waals surface area contributed by atoms with E-state index in [1.807, 2.05) is 0 Å². The van der Waals surface area contributed by atoms with Gasteiger partial charge in [0.1, 0.15) is 5.75 Å². The summed E-state index contributed by atoms with van der Waals surface area (Å²) in [6, 6.07) is 3.67. The van der Waals surface area contributed by atoms with E-state index in [4.69, 9.17) is 9.84 Å². The Labute approximate surface area is 120 Å². The average Bonchev–Trinajstić information content (AvgIpc) is 2.83. The lowest BCUT2D eigenvalue weighted by atomic mass is 10.2. The lowest BCUT2D eigenvalue weighted by Crippen LogP contribution is -2.19. The third kappa shape index (κ3) is 3.50. The summed E-state index contributed by atoms with van der Waals surface area (Å²) >= 11 is 0. The Morgan fingerprint density at radius 3 is 2.67 bits per heavy atom. The predicted molar refractivity (Wildman–Crippen MR) is 75.8 cm³/mol. The molecule has 21 heavy (non-hydrogen) atoms. The molecule has 2 aromatic rings. The van der Waals surface area contributed by atoms with Crippen LogP contribution in [0.25, 0.3) is 0 Å². The zero-order valence-corrected chi connectivity index (χ0v) is 11.5. The maximum Gasteiger partial charge on any atom is 0.335 e.